The molecule has 9 heteroatoms. The summed E-state index contributed by atoms with van der Waals surface area (Å²) in [4.78, 5) is 20.9. The Bertz CT molecular complexity index is 442. The second kappa shape index (κ2) is 5.52. The van der Waals surface area contributed by atoms with Crippen LogP contribution >= 0.6 is 0 Å². The molecule has 0 unspecified atom stereocenters. The number of carbonyl (C=O) groups excluding carboxylic acids is 1. The maximum atomic E-state index is 11.8. The van der Waals surface area contributed by atoms with Crippen molar-refractivity contribution in [2.75, 3.05) is 6.54 Å². The molecule has 0 bridgehead atoms. The van der Waals surface area contributed by atoms with Gasteiger partial charge in [-0.1, -0.05) is 0 Å². The molecule has 6 nitrogen and oxygen atoms in total. The van der Waals surface area contributed by atoms with Gasteiger partial charge in [0.15, 0.2) is 5.69 Å². The standard InChI is InChI=1S/C9H10F3N3O3/c10-9(11,12)8(18)13-3-1-4-15-5-2-6(14-15)7(16)17/h2,5H,1,3-4H2,(H,13,18)(H,16,17). The molecule has 1 heterocycles. The number of carbonyl (C=O) groups is 2. The van der Waals surface area contributed by atoms with E-state index in [1.54, 1.807) is 5.32 Å². The van der Waals surface area contributed by atoms with E-state index in [0.717, 1.165) is 0 Å². The molecular formula is C9H10F3N3O3. The van der Waals surface area contributed by atoms with Crippen LogP contribution in [0.5, 0.6) is 0 Å². The van der Waals surface area contributed by atoms with Crippen molar-refractivity contribution in [1.29, 1.82) is 0 Å². The number of hydrogen-bond acceptors (Lipinski definition) is 3. The van der Waals surface area contributed by atoms with Gasteiger partial charge in [0.1, 0.15) is 0 Å². The normalized spacial score (nSPS) is 11.3. The average Bonchev–Trinajstić information content (AvgIpc) is 2.71. The van der Waals surface area contributed by atoms with Crippen LogP contribution in [0.1, 0.15) is 16.9 Å². The van der Waals surface area contributed by atoms with Crippen LogP contribution in [0.15, 0.2) is 12.3 Å². The van der Waals surface area contributed by atoms with Crippen LogP contribution in [0, 0.1) is 0 Å². The number of aromatic carboxylic acids is 1. The van der Waals surface area contributed by atoms with Crippen molar-refractivity contribution in [2.45, 2.75) is 19.1 Å². The molecule has 100 valence electrons. The van der Waals surface area contributed by atoms with Crippen LogP contribution in [0.4, 0.5) is 13.2 Å². The molecule has 0 radical (unpaired) electrons. The van der Waals surface area contributed by atoms with Gasteiger partial charge in [0.25, 0.3) is 0 Å². The number of hydrogen-bond donors (Lipinski definition) is 2. The summed E-state index contributed by atoms with van der Waals surface area (Å²) in [5.74, 6) is -3.17. The number of carboxylic acids is 1. The third kappa shape index (κ3) is 4.07. The second-order valence-corrected chi connectivity index (χ2v) is 3.38. The summed E-state index contributed by atoms with van der Waals surface area (Å²) in [6.45, 7) is 0.0476. The highest BCUT2D eigenvalue weighted by molar-refractivity contribution is 5.85. The summed E-state index contributed by atoms with van der Waals surface area (Å²) in [5, 5.41) is 13.9. The van der Waals surface area contributed by atoms with Crippen molar-refractivity contribution in [3.63, 3.8) is 0 Å². The van der Waals surface area contributed by atoms with E-state index < -0.39 is 18.1 Å². The van der Waals surface area contributed by atoms with Crippen LogP contribution < -0.4 is 5.32 Å². The molecule has 1 amide bonds. The van der Waals surface area contributed by atoms with Gasteiger partial charge in [-0.3, -0.25) is 9.48 Å². The summed E-state index contributed by atoms with van der Waals surface area (Å²) in [7, 11) is 0. The Morgan fingerprint density at radius 1 is 1.44 bits per heavy atom. The molecule has 1 rings (SSSR count). The monoisotopic (exact) mass is 265 g/mol. The second-order valence-electron chi connectivity index (χ2n) is 3.38. The molecule has 0 saturated heterocycles. The zero-order chi connectivity index (χ0) is 13.8. The molecule has 18 heavy (non-hydrogen) atoms. The van der Waals surface area contributed by atoms with Gasteiger partial charge < -0.3 is 10.4 Å². The molecule has 1 aromatic heterocycles. The van der Waals surface area contributed by atoms with E-state index in [4.69, 9.17) is 5.11 Å². The fourth-order valence-corrected chi connectivity index (χ4v) is 1.14. The third-order valence-corrected chi connectivity index (χ3v) is 1.97. The first-order chi connectivity index (χ1) is 8.30. The molecule has 0 saturated carbocycles. The topological polar surface area (TPSA) is 84.2 Å². The predicted octanol–water partition coefficient (Wildman–Crippen LogP) is 0.650. The first-order valence-electron chi connectivity index (χ1n) is 4.92. The summed E-state index contributed by atoms with van der Waals surface area (Å²) >= 11 is 0. The highest BCUT2D eigenvalue weighted by Gasteiger charge is 2.38. The summed E-state index contributed by atoms with van der Waals surface area (Å²) in [6.07, 6.45) is -3.28. The van der Waals surface area contributed by atoms with Gasteiger partial charge in [0, 0.05) is 19.3 Å². The quantitative estimate of drug-likeness (QED) is 0.765. The van der Waals surface area contributed by atoms with E-state index >= 15 is 0 Å². The van der Waals surface area contributed by atoms with E-state index in [1.165, 1.54) is 16.9 Å². The van der Waals surface area contributed by atoms with Crippen molar-refractivity contribution in [1.82, 2.24) is 15.1 Å². The summed E-state index contributed by atoms with van der Waals surface area (Å²) < 4.78 is 36.7. The zero-order valence-corrected chi connectivity index (χ0v) is 9.07. The number of rotatable bonds is 5. The number of carboxylic acid groups (broad SMARTS) is 1. The van der Waals surface area contributed by atoms with E-state index in [0.29, 0.717) is 0 Å². The van der Waals surface area contributed by atoms with Gasteiger partial charge >= 0.3 is 18.1 Å². The van der Waals surface area contributed by atoms with Crippen molar-refractivity contribution in [3.8, 4) is 0 Å². The lowest BCUT2D eigenvalue weighted by molar-refractivity contribution is -0.173. The first-order valence-corrected chi connectivity index (χ1v) is 4.92. The Morgan fingerprint density at radius 3 is 2.61 bits per heavy atom. The van der Waals surface area contributed by atoms with Crippen LogP contribution in [0.25, 0.3) is 0 Å². The highest BCUT2D eigenvalue weighted by Crippen LogP contribution is 2.13. The molecule has 0 atom stereocenters. The Hall–Kier alpha value is -2.06. The fraction of sp³-hybridized carbons (Fsp3) is 0.444. The largest absolute Gasteiger partial charge is 0.476 e. The van der Waals surface area contributed by atoms with Gasteiger partial charge in [-0.25, -0.2) is 4.79 Å². The smallest absolute Gasteiger partial charge is 0.471 e. The Labute approximate surface area is 99.4 Å². The van der Waals surface area contributed by atoms with Crippen molar-refractivity contribution in [3.05, 3.63) is 18.0 Å². The van der Waals surface area contributed by atoms with Crippen LogP contribution in [0.3, 0.4) is 0 Å². The third-order valence-electron chi connectivity index (χ3n) is 1.97. The number of nitrogens with zero attached hydrogens (tertiary/aromatic N) is 2. The van der Waals surface area contributed by atoms with Gasteiger partial charge in [0.05, 0.1) is 0 Å². The van der Waals surface area contributed by atoms with E-state index in [2.05, 4.69) is 5.10 Å². The first kappa shape index (κ1) is 14.0. The molecule has 0 aliphatic carbocycles. The SMILES string of the molecule is O=C(O)c1ccn(CCCNC(=O)C(F)(F)F)n1. The van der Waals surface area contributed by atoms with E-state index in [-0.39, 0.29) is 25.2 Å². The average molecular weight is 265 g/mol. The molecule has 0 aromatic carbocycles. The molecule has 0 spiro atoms. The van der Waals surface area contributed by atoms with Crippen molar-refractivity contribution in [2.24, 2.45) is 0 Å². The van der Waals surface area contributed by atoms with Gasteiger partial charge in [-0.05, 0) is 12.5 Å². The number of nitrogens with one attached hydrogen (secondary N) is 1. The lowest BCUT2D eigenvalue weighted by Crippen LogP contribution is -2.37. The predicted molar refractivity (Wildman–Crippen MR) is 52.9 cm³/mol. The molecule has 0 aliphatic heterocycles. The van der Waals surface area contributed by atoms with Crippen LogP contribution in [-0.2, 0) is 11.3 Å². The van der Waals surface area contributed by atoms with Gasteiger partial charge in [0.2, 0.25) is 0 Å². The number of aromatic nitrogens is 2. The number of aryl methyl sites for hydroxylation is 1. The van der Waals surface area contributed by atoms with Crippen molar-refractivity contribution < 1.29 is 27.9 Å². The minimum atomic E-state index is -4.89. The number of alkyl halides is 3. The molecule has 0 fully saturated rings. The zero-order valence-electron chi connectivity index (χ0n) is 9.07. The number of amides is 1. The molecule has 2 N–H and O–H groups in total. The summed E-state index contributed by atoms with van der Waals surface area (Å²) in [6, 6.07) is 1.27. The highest BCUT2D eigenvalue weighted by atomic mass is 19.4. The van der Waals surface area contributed by atoms with Crippen LogP contribution in [-0.4, -0.2) is 39.5 Å². The number of halogens is 3. The maximum Gasteiger partial charge on any atom is 0.471 e. The van der Waals surface area contributed by atoms with E-state index in [1.807, 2.05) is 0 Å². The van der Waals surface area contributed by atoms with E-state index in [9.17, 15) is 22.8 Å². The van der Waals surface area contributed by atoms with Gasteiger partial charge in [-0.15, -0.1) is 0 Å². The summed E-state index contributed by atoms with van der Waals surface area (Å²) in [5.41, 5.74) is -0.144. The van der Waals surface area contributed by atoms with Crippen LogP contribution in [0.2, 0.25) is 0 Å². The Balaban J connectivity index is 2.30. The van der Waals surface area contributed by atoms with Crippen molar-refractivity contribution >= 4 is 11.9 Å². The Morgan fingerprint density at radius 2 is 2.11 bits per heavy atom. The lowest BCUT2D eigenvalue weighted by atomic mass is 10.4. The molecule has 1 aromatic rings. The fourth-order valence-electron chi connectivity index (χ4n) is 1.14. The minimum absolute atomic E-state index is 0.144. The maximum absolute atomic E-state index is 11.8. The lowest BCUT2D eigenvalue weighted by Gasteiger charge is -2.07. The Kier molecular flexibility index (Phi) is 4.29. The minimum Gasteiger partial charge on any atom is -0.476 e. The molecule has 0 aliphatic rings. The van der Waals surface area contributed by atoms with Gasteiger partial charge in [-0.2, -0.15) is 18.3 Å². The molecular weight excluding hydrogens is 255 g/mol.